The predicted molar refractivity (Wildman–Crippen MR) is 120 cm³/mol. The van der Waals surface area contributed by atoms with Gasteiger partial charge in [0.15, 0.2) is 0 Å². The highest BCUT2D eigenvalue weighted by atomic mass is 35.5. The third-order valence-corrected chi connectivity index (χ3v) is 6.17. The normalized spacial score (nSPS) is 20.1. The van der Waals surface area contributed by atoms with Crippen LogP contribution >= 0.6 is 11.6 Å². The SMILES string of the molecule is CNCCCCC(=O)N1CCC(Nc2ncc(Cl)c(C3CNc4ccccc43)n2)C1. The van der Waals surface area contributed by atoms with Gasteiger partial charge in [-0.1, -0.05) is 29.8 Å². The fourth-order valence-electron chi connectivity index (χ4n) is 4.25. The van der Waals surface area contributed by atoms with Gasteiger partial charge in [0.25, 0.3) is 0 Å². The van der Waals surface area contributed by atoms with Gasteiger partial charge >= 0.3 is 0 Å². The minimum Gasteiger partial charge on any atom is -0.384 e. The lowest BCUT2D eigenvalue weighted by atomic mass is 9.98. The van der Waals surface area contributed by atoms with Crippen molar-refractivity contribution in [2.24, 2.45) is 0 Å². The number of carbonyl (C=O) groups is 1. The smallest absolute Gasteiger partial charge is 0.223 e. The Bertz CT molecular complexity index is 892. The van der Waals surface area contributed by atoms with Gasteiger partial charge < -0.3 is 20.9 Å². The number of hydrogen-bond donors (Lipinski definition) is 3. The maximum absolute atomic E-state index is 12.4. The number of para-hydroxylation sites is 1. The second kappa shape index (κ2) is 9.62. The molecule has 3 N–H and O–H groups in total. The van der Waals surface area contributed by atoms with E-state index in [1.165, 1.54) is 5.56 Å². The van der Waals surface area contributed by atoms with E-state index in [-0.39, 0.29) is 17.9 Å². The molecule has 0 radical (unpaired) electrons. The number of amides is 1. The summed E-state index contributed by atoms with van der Waals surface area (Å²) >= 11 is 6.46. The number of unbranched alkanes of at least 4 members (excludes halogenated alkanes) is 1. The highest BCUT2D eigenvalue weighted by molar-refractivity contribution is 6.31. The number of likely N-dealkylation sites (tertiary alicyclic amines) is 1. The number of benzene rings is 1. The Balaban J connectivity index is 1.37. The van der Waals surface area contributed by atoms with Crippen molar-refractivity contribution in [2.45, 2.75) is 37.6 Å². The lowest BCUT2D eigenvalue weighted by Crippen LogP contribution is -2.31. The van der Waals surface area contributed by atoms with Crippen molar-refractivity contribution >= 4 is 29.1 Å². The van der Waals surface area contributed by atoms with Crippen LogP contribution in [0.2, 0.25) is 5.02 Å². The van der Waals surface area contributed by atoms with Crippen LogP contribution in [0.25, 0.3) is 0 Å². The summed E-state index contributed by atoms with van der Waals surface area (Å²) in [5.41, 5.74) is 3.17. The highest BCUT2D eigenvalue weighted by Crippen LogP contribution is 2.37. The summed E-state index contributed by atoms with van der Waals surface area (Å²) < 4.78 is 0. The van der Waals surface area contributed by atoms with Crippen molar-refractivity contribution < 1.29 is 4.79 Å². The van der Waals surface area contributed by atoms with Crippen LogP contribution < -0.4 is 16.0 Å². The molecule has 30 heavy (non-hydrogen) atoms. The van der Waals surface area contributed by atoms with E-state index < -0.39 is 0 Å². The zero-order valence-electron chi connectivity index (χ0n) is 17.3. The molecule has 0 saturated carbocycles. The van der Waals surface area contributed by atoms with Gasteiger partial charge in [-0.05, 0) is 44.5 Å². The van der Waals surface area contributed by atoms with Gasteiger partial charge in [-0.2, -0.15) is 0 Å². The van der Waals surface area contributed by atoms with Crippen LogP contribution in [-0.2, 0) is 4.79 Å². The van der Waals surface area contributed by atoms with Crippen LogP contribution in [0.1, 0.15) is 42.9 Å². The molecular weight excluding hydrogens is 400 g/mol. The number of carbonyl (C=O) groups excluding carboxylic acids is 1. The van der Waals surface area contributed by atoms with E-state index >= 15 is 0 Å². The minimum absolute atomic E-state index is 0.108. The van der Waals surface area contributed by atoms with Crippen LogP contribution in [-0.4, -0.2) is 60.0 Å². The fraction of sp³-hybridized carbons (Fsp3) is 0.500. The predicted octanol–water partition coefficient (Wildman–Crippen LogP) is 3.09. The lowest BCUT2D eigenvalue weighted by molar-refractivity contribution is -0.130. The van der Waals surface area contributed by atoms with Crippen molar-refractivity contribution in [1.82, 2.24) is 20.2 Å². The number of aromatic nitrogens is 2. The van der Waals surface area contributed by atoms with Crippen molar-refractivity contribution in [3.8, 4) is 0 Å². The Labute approximate surface area is 182 Å². The molecule has 2 aliphatic heterocycles. The summed E-state index contributed by atoms with van der Waals surface area (Å²) in [6.07, 6.45) is 5.14. The molecule has 0 aliphatic carbocycles. The van der Waals surface area contributed by atoms with E-state index in [0.717, 1.165) is 50.3 Å². The summed E-state index contributed by atoms with van der Waals surface area (Å²) in [7, 11) is 1.94. The minimum atomic E-state index is 0.108. The Morgan fingerprint density at radius 1 is 1.33 bits per heavy atom. The van der Waals surface area contributed by atoms with Gasteiger partial charge in [0.1, 0.15) is 0 Å². The molecule has 2 aromatic rings. The quantitative estimate of drug-likeness (QED) is 0.560. The summed E-state index contributed by atoms with van der Waals surface area (Å²) in [5, 5.41) is 10.5. The third-order valence-electron chi connectivity index (χ3n) is 5.88. The number of hydrogen-bond acceptors (Lipinski definition) is 6. The second-order valence-electron chi connectivity index (χ2n) is 7.98. The summed E-state index contributed by atoms with van der Waals surface area (Å²) in [6, 6.07) is 8.41. The van der Waals surface area contributed by atoms with Gasteiger partial charge in [-0.15, -0.1) is 0 Å². The lowest BCUT2D eigenvalue weighted by Gasteiger charge is -2.18. The molecule has 1 fully saturated rings. The number of rotatable bonds is 8. The number of nitrogens with one attached hydrogen (secondary N) is 3. The average molecular weight is 429 g/mol. The van der Waals surface area contributed by atoms with Gasteiger partial charge in [0.2, 0.25) is 11.9 Å². The molecule has 1 aromatic carbocycles. The first-order valence-corrected chi connectivity index (χ1v) is 11.1. The second-order valence-corrected chi connectivity index (χ2v) is 8.39. The standard InChI is InChI=1S/C22H29ClN6O/c1-24-10-5-4-8-20(30)29-11-9-15(14-29)27-22-26-13-18(23)21(28-22)17-12-25-19-7-3-2-6-16(17)19/h2-3,6-7,13,15,17,24-25H,4-5,8-12,14H2,1H3,(H,26,27,28). The molecule has 1 aromatic heterocycles. The first-order chi connectivity index (χ1) is 14.7. The van der Waals surface area contributed by atoms with Gasteiger partial charge in [-0.3, -0.25) is 4.79 Å². The van der Waals surface area contributed by atoms with Gasteiger partial charge in [-0.25, -0.2) is 9.97 Å². The van der Waals surface area contributed by atoms with Crippen molar-refractivity contribution in [3.63, 3.8) is 0 Å². The number of halogens is 1. The van der Waals surface area contributed by atoms with E-state index in [2.05, 4.69) is 33.1 Å². The molecule has 2 unspecified atom stereocenters. The number of nitrogens with zero attached hydrogens (tertiary/aromatic N) is 3. The molecule has 4 rings (SSSR count). The van der Waals surface area contributed by atoms with Crippen molar-refractivity contribution in [1.29, 1.82) is 0 Å². The first-order valence-electron chi connectivity index (χ1n) is 10.7. The van der Waals surface area contributed by atoms with Crippen LogP contribution in [0.5, 0.6) is 0 Å². The molecule has 8 heteroatoms. The van der Waals surface area contributed by atoms with E-state index in [0.29, 0.717) is 23.9 Å². The number of anilines is 2. The molecule has 2 atom stereocenters. The number of fused-ring (bicyclic) bond motifs is 1. The van der Waals surface area contributed by atoms with Crippen molar-refractivity contribution in [2.75, 3.05) is 43.9 Å². The monoisotopic (exact) mass is 428 g/mol. The van der Waals surface area contributed by atoms with E-state index in [9.17, 15) is 4.79 Å². The van der Waals surface area contributed by atoms with E-state index in [1.807, 2.05) is 24.1 Å². The molecular formula is C22H29ClN6O. The summed E-state index contributed by atoms with van der Waals surface area (Å²) in [5.74, 6) is 0.922. The highest BCUT2D eigenvalue weighted by Gasteiger charge is 2.29. The molecule has 2 aliphatic rings. The van der Waals surface area contributed by atoms with Crippen LogP contribution in [0.15, 0.2) is 30.5 Å². The largest absolute Gasteiger partial charge is 0.384 e. The topological polar surface area (TPSA) is 82.2 Å². The van der Waals surface area contributed by atoms with Gasteiger partial charge in [0.05, 0.1) is 16.9 Å². The van der Waals surface area contributed by atoms with Crippen LogP contribution in [0.3, 0.4) is 0 Å². The molecule has 0 spiro atoms. The zero-order chi connectivity index (χ0) is 20.9. The molecule has 1 saturated heterocycles. The Morgan fingerprint density at radius 2 is 2.20 bits per heavy atom. The van der Waals surface area contributed by atoms with Crippen LogP contribution in [0.4, 0.5) is 11.6 Å². The average Bonchev–Trinajstić information content (AvgIpc) is 3.40. The fourth-order valence-corrected chi connectivity index (χ4v) is 4.47. The molecule has 160 valence electrons. The Kier molecular flexibility index (Phi) is 6.69. The van der Waals surface area contributed by atoms with Crippen LogP contribution in [0, 0.1) is 0 Å². The van der Waals surface area contributed by atoms with E-state index in [4.69, 9.17) is 16.6 Å². The maximum Gasteiger partial charge on any atom is 0.223 e. The maximum atomic E-state index is 12.4. The van der Waals surface area contributed by atoms with E-state index in [1.54, 1.807) is 6.20 Å². The molecule has 3 heterocycles. The Hall–Kier alpha value is -2.38. The third kappa shape index (κ3) is 4.68. The van der Waals surface area contributed by atoms with Gasteiger partial charge in [0, 0.05) is 43.7 Å². The first kappa shape index (κ1) is 20.9. The summed E-state index contributed by atoms with van der Waals surface area (Å²) in [6.45, 7) is 3.20. The Morgan fingerprint density at radius 3 is 3.07 bits per heavy atom. The molecule has 7 nitrogen and oxygen atoms in total. The zero-order valence-corrected chi connectivity index (χ0v) is 18.1. The molecule has 0 bridgehead atoms. The molecule has 1 amide bonds. The summed E-state index contributed by atoms with van der Waals surface area (Å²) in [4.78, 5) is 23.5. The van der Waals surface area contributed by atoms with Crippen molar-refractivity contribution in [3.05, 3.63) is 46.7 Å².